The maximum atomic E-state index is 6.20. The number of nitrogens with one attached hydrogen (secondary N) is 1. The number of benzene rings is 3. The topological polar surface area (TPSA) is 39.1 Å². The number of imidazole rings is 1. The Morgan fingerprint density at radius 2 is 1.67 bits per heavy atom. The van der Waals surface area contributed by atoms with Crippen molar-refractivity contribution < 1.29 is 4.74 Å². The highest BCUT2D eigenvalue weighted by Gasteiger charge is 2.13. The molecule has 0 aliphatic rings. The van der Waals surface area contributed by atoms with Crippen molar-refractivity contribution in [1.29, 1.82) is 0 Å². The molecule has 4 aromatic rings. The smallest absolute Gasteiger partial charge is 0.208 e. The molecule has 0 bridgehead atoms. The normalized spacial score (nSPS) is 11.0. The van der Waals surface area contributed by atoms with E-state index in [0.717, 1.165) is 58.5 Å². The molecule has 6 heteroatoms. The molecule has 30 heavy (non-hydrogen) atoms. The van der Waals surface area contributed by atoms with Gasteiger partial charge in [-0.05, 0) is 66.6 Å². The first kappa shape index (κ1) is 20.6. The highest BCUT2D eigenvalue weighted by Crippen LogP contribution is 2.28. The van der Waals surface area contributed by atoms with Crippen molar-refractivity contribution in [2.75, 3.05) is 11.9 Å². The zero-order chi connectivity index (χ0) is 20.9. The molecule has 0 fully saturated rings. The maximum absolute atomic E-state index is 6.20. The lowest BCUT2D eigenvalue weighted by molar-refractivity contribution is 0.309. The van der Waals surface area contributed by atoms with Gasteiger partial charge in [0.25, 0.3) is 0 Å². The van der Waals surface area contributed by atoms with E-state index in [2.05, 4.69) is 16.8 Å². The summed E-state index contributed by atoms with van der Waals surface area (Å²) in [5.41, 5.74) is 3.94. The Labute approximate surface area is 186 Å². The lowest BCUT2D eigenvalue weighted by Crippen LogP contribution is -2.06. The van der Waals surface area contributed by atoms with E-state index in [1.165, 1.54) is 0 Å². The van der Waals surface area contributed by atoms with Gasteiger partial charge in [0.1, 0.15) is 5.75 Å². The fourth-order valence-corrected chi connectivity index (χ4v) is 3.53. The summed E-state index contributed by atoms with van der Waals surface area (Å²) in [7, 11) is 0. The van der Waals surface area contributed by atoms with E-state index in [-0.39, 0.29) is 0 Å². The predicted molar refractivity (Wildman–Crippen MR) is 125 cm³/mol. The molecule has 1 N–H and O–H groups in total. The number of nitrogens with zero attached hydrogens (tertiary/aromatic N) is 2. The molecular weight excluding hydrogens is 417 g/mol. The van der Waals surface area contributed by atoms with E-state index in [4.69, 9.17) is 32.9 Å². The van der Waals surface area contributed by atoms with Crippen LogP contribution in [0, 0.1) is 0 Å². The van der Waals surface area contributed by atoms with Gasteiger partial charge in [-0.2, -0.15) is 0 Å². The molecule has 1 heterocycles. The fourth-order valence-electron chi connectivity index (χ4n) is 3.24. The van der Waals surface area contributed by atoms with Gasteiger partial charge in [0, 0.05) is 22.3 Å². The number of aromatic nitrogens is 2. The van der Waals surface area contributed by atoms with Crippen molar-refractivity contribution in [2.24, 2.45) is 0 Å². The SMILES string of the molecule is CCCCOc1ccc(-n2c(NCc3ccc(Cl)cc3)nc3cc(Cl)ccc32)cc1. The first-order chi connectivity index (χ1) is 14.6. The summed E-state index contributed by atoms with van der Waals surface area (Å²) < 4.78 is 7.89. The van der Waals surface area contributed by atoms with Crippen LogP contribution in [0.15, 0.2) is 66.7 Å². The van der Waals surface area contributed by atoms with E-state index in [1.54, 1.807) is 0 Å². The van der Waals surface area contributed by atoms with Gasteiger partial charge >= 0.3 is 0 Å². The monoisotopic (exact) mass is 439 g/mol. The Bertz CT molecular complexity index is 1120. The zero-order valence-corrected chi connectivity index (χ0v) is 18.2. The number of hydrogen-bond donors (Lipinski definition) is 1. The number of ether oxygens (including phenoxy) is 1. The average molecular weight is 440 g/mol. The second-order valence-corrected chi connectivity index (χ2v) is 7.95. The van der Waals surface area contributed by atoms with Gasteiger partial charge in [-0.1, -0.05) is 48.7 Å². The van der Waals surface area contributed by atoms with Crippen LogP contribution in [0.25, 0.3) is 16.7 Å². The Hall–Kier alpha value is -2.69. The lowest BCUT2D eigenvalue weighted by Gasteiger charge is -2.12. The number of hydrogen-bond acceptors (Lipinski definition) is 3. The van der Waals surface area contributed by atoms with Crippen molar-refractivity contribution in [3.63, 3.8) is 0 Å². The number of unbranched alkanes of at least 4 members (excludes halogenated alkanes) is 1. The summed E-state index contributed by atoms with van der Waals surface area (Å²) in [6.45, 7) is 3.52. The van der Waals surface area contributed by atoms with Crippen molar-refractivity contribution in [2.45, 2.75) is 26.3 Å². The Balaban J connectivity index is 1.64. The molecule has 0 aliphatic heterocycles. The van der Waals surface area contributed by atoms with Crippen molar-refractivity contribution in [1.82, 2.24) is 9.55 Å². The zero-order valence-electron chi connectivity index (χ0n) is 16.7. The molecule has 0 saturated heterocycles. The second-order valence-electron chi connectivity index (χ2n) is 7.08. The fraction of sp³-hybridized carbons (Fsp3) is 0.208. The van der Waals surface area contributed by atoms with Crippen LogP contribution < -0.4 is 10.1 Å². The van der Waals surface area contributed by atoms with Crippen molar-refractivity contribution in [3.8, 4) is 11.4 Å². The van der Waals surface area contributed by atoms with Crippen LogP contribution in [-0.4, -0.2) is 16.2 Å². The summed E-state index contributed by atoms with van der Waals surface area (Å²) in [4.78, 5) is 4.78. The van der Waals surface area contributed by atoms with E-state index in [9.17, 15) is 0 Å². The van der Waals surface area contributed by atoms with Gasteiger partial charge < -0.3 is 10.1 Å². The van der Waals surface area contributed by atoms with Gasteiger partial charge in [0.2, 0.25) is 5.95 Å². The van der Waals surface area contributed by atoms with Gasteiger partial charge in [-0.15, -0.1) is 0 Å². The minimum Gasteiger partial charge on any atom is -0.494 e. The third kappa shape index (κ3) is 4.72. The van der Waals surface area contributed by atoms with Gasteiger partial charge in [0.05, 0.1) is 17.6 Å². The highest BCUT2D eigenvalue weighted by atomic mass is 35.5. The van der Waals surface area contributed by atoms with Gasteiger partial charge in [-0.3, -0.25) is 4.57 Å². The van der Waals surface area contributed by atoms with Crippen molar-refractivity contribution in [3.05, 3.63) is 82.3 Å². The van der Waals surface area contributed by atoms with Crippen molar-refractivity contribution >= 4 is 40.2 Å². The molecule has 1 aromatic heterocycles. The van der Waals surface area contributed by atoms with Gasteiger partial charge in [-0.25, -0.2) is 4.98 Å². The summed E-state index contributed by atoms with van der Waals surface area (Å²) in [6.07, 6.45) is 2.16. The third-order valence-corrected chi connectivity index (χ3v) is 5.33. The Morgan fingerprint density at radius 3 is 2.40 bits per heavy atom. The number of anilines is 1. The molecule has 0 spiro atoms. The Kier molecular flexibility index (Phi) is 6.46. The van der Waals surface area contributed by atoms with Crippen LogP contribution in [-0.2, 0) is 6.54 Å². The summed E-state index contributed by atoms with van der Waals surface area (Å²) in [6, 6.07) is 21.6. The quantitative estimate of drug-likeness (QED) is 0.297. The van der Waals surface area contributed by atoms with Crippen LogP contribution in [0.2, 0.25) is 10.0 Å². The van der Waals surface area contributed by atoms with Crippen LogP contribution in [0.4, 0.5) is 5.95 Å². The third-order valence-electron chi connectivity index (χ3n) is 4.84. The molecule has 4 nitrogen and oxygen atoms in total. The minimum atomic E-state index is 0.631. The molecule has 0 amide bonds. The van der Waals surface area contributed by atoms with E-state index >= 15 is 0 Å². The summed E-state index contributed by atoms with van der Waals surface area (Å²) in [5.74, 6) is 1.62. The van der Waals surface area contributed by atoms with Crippen LogP contribution in [0.1, 0.15) is 25.3 Å². The summed E-state index contributed by atoms with van der Waals surface area (Å²) >= 11 is 12.2. The molecule has 0 atom stereocenters. The average Bonchev–Trinajstić information content (AvgIpc) is 3.11. The molecule has 0 saturated carbocycles. The number of fused-ring (bicyclic) bond motifs is 1. The minimum absolute atomic E-state index is 0.631. The number of halogens is 2. The molecule has 0 unspecified atom stereocenters. The lowest BCUT2D eigenvalue weighted by atomic mass is 10.2. The van der Waals surface area contributed by atoms with E-state index < -0.39 is 0 Å². The molecule has 4 rings (SSSR count). The largest absolute Gasteiger partial charge is 0.494 e. The first-order valence-corrected chi connectivity index (χ1v) is 10.8. The predicted octanol–water partition coefficient (Wildman–Crippen LogP) is 7.12. The molecule has 0 radical (unpaired) electrons. The molecular formula is C24H23Cl2N3O. The van der Waals surface area contributed by atoms with Gasteiger partial charge in [0.15, 0.2) is 0 Å². The molecule has 0 aliphatic carbocycles. The molecule has 3 aromatic carbocycles. The standard InChI is InChI=1S/C24H23Cl2N3O/c1-2-3-14-30-21-11-9-20(10-12-21)29-23-13-8-19(26)15-22(23)28-24(29)27-16-17-4-6-18(25)7-5-17/h4-13,15H,2-3,14,16H2,1H3,(H,27,28). The highest BCUT2D eigenvalue weighted by molar-refractivity contribution is 6.31. The summed E-state index contributed by atoms with van der Waals surface area (Å²) in [5, 5.41) is 4.83. The van der Waals surface area contributed by atoms with Crippen LogP contribution in [0.3, 0.4) is 0 Å². The number of rotatable bonds is 8. The maximum Gasteiger partial charge on any atom is 0.208 e. The van der Waals surface area contributed by atoms with E-state index in [0.29, 0.717) is 11.6 Å². The first-order valence-electron chi connectivity index (χ1n) is 10.0. The van der Waals surface area contributed by atoms with Crippen LogP contribution >= 0.6 is 23.2 Å². The second kappa shape index (κ2) is 9.41. The Morgan fingerprint density at radius 1 is 0.933 bits per heavy atom. The van der Waals surface area contributed by atoms with E-state index in [1.807, 2.05) is 66.7 Å². The molecule has 154 valence electrons. The van der Waals surface area contributed by atoms with Crippen LogP contribution in [0.5, 0.6) is 5.75 Å².